The standard InChI is InChI=1S/C24H31N3O3S2/c1-16(2)27-22-12-11-21(14-23(22)31-24(27)28)32(29,30)25-18(4)19-7-9-20(10-8-19)26-13-5-6-17(3)15-26/h7-12,14,16-18,25H,5-6,13,15H2,1-4H3/t17-,18+/m0/s1. The molecule has 1 fully saturated rings. The molecule has 32 heavy (non-hydrogen) atoms. The minimum Gasteiger partial charge on any atom is -0.371 e. The second-order valence-electron chi connectivity index (χ2n) is 9.09. The third kappa shape index (κ3) is 4.63. The molecule has 0 aliphatic carbocycles. The fraction of sp³-hybridized carbons (Fsp3) is 0.458. The third-order valence-electron chi connectivity index (χ3n) is 6.16. The second kappa shape index (κ2) is 9.00. The van der Waals surface area contributed by atoms with E-state index in [2.05, 4.69) is 28.7 Å². The van der Waals surface area contributed by atoms with Crippen molar-refractivity contribution >= 4 is 37.3 Å². The molecule has 3 aromatic rings. The number of hydrogen-bond acceptors (Lipinski definition) is 5. The number of piperidine rings is 1. The Morgan fingerprint density at radius 2 is 1.81 bits per heavy atom. The minimum atomic E-state index is -3.73. The van der Waals surface area contributed by atoms with Crippen LogP contribution >= 0.6 is 11.3 Å². The summed E-state index contributed by atoms with van der Waals surface area (Å²) in [5.74, 6) is 0.697. The van der Waals surface area contributed by atoms with E-state index in [9.17, 15) is 13.2 Å². The fourth-order valence-corrected chi connectivity index (χ4v) is 6.82. The van der Waals surface area contributed by atoms with Gasteiger partial charge < -0.3 is 4.90 Å². The maximum Gasteiger partial charge on any atom is 0.308 e. The first-order chi connectivity index (χ1) is 15.2. The molecular weight excluding hydrogens is 442 g/mol. The topological polar surface area (TPSA) is 71.4 Å². The molecular formula is C24H31N3O3S2. The summed E-state index contributed by atoms with van der Waals surface area (Å²) >= 11 is 1.08. The van der Waals surface area contributed by atoms with Crippen molar-refractivity contribution in [1.82, 2.24) is 9.29 Å². The van der Waals surface area contributed by atoms with E-state index < -0.39 is 10.0 Å². The Balaban J connectivity index is 1.52. The Labute approximate surface area is 193 Å². The first kappa shape index (κ1) is 23.0. The number of nitrogens with zero attached hydrogens (tertiary/aromatic N) is 2. The smallest absolute Gasteiger partial charge is 0.308 e. The second-order valence-corrected chi connectivity index (χ2v) is 11.8. The molecule has 1 aliphatic heterocycles. The van der Waals surface area contributed by atoms with Gasteiger partial charge in [-0.3, -0.25) is 9.36 Å². The normalized spacial score (nSPS) is 18.4. The Bertz CT molecular complexity index is 1260. The summed E-state index contributed by atoms with van der Waals surface area (Å²) in [6, 6.07) is 12.7. The molecule has 2 aromatic carbocycles. The maximum absolute atomic E-state index is 13.0. The molecule has 0 spiro atoms. The average molecular weight is 474 g/mol. The summed E-state index contributed by atoms with van der Waals surface area (Å²) in [5, 5.41) is 0. The summed E-state index contributed by atoms with van der Waals surface area (Å²) in [7, 11) is -3.73. The zero-order chi connectivity index (χ0) is 23.0. The zero-order valence-corrected chi connectivity index (χ0v) is 20.7. The van der Waals surface area contributed by atoms with E-state index in [0.717, 1.165) is 35.5 Å². The lowest BCUT2D eigenvalue weighted by molar-refractivity contribution is 0.447. The number of aromatic nitrogens is 1. The predicted octanol–water partition coefficient (Wildman–Crippen LogP) is 4.92. The van der Waals surface area contributed by atoms with Crippen LogP contribution < -0.4 is 14.5 Å². The van der Waals surface area contributed by atoms with Crippen molar-refractivity contribution in [2.75, 3.05) is 18.0 Å². The van der Waals surface area contributed by atoms with Gasteiger partial charge in [-0.2, -0.15) is 0 Å². The summed E-state index contributed by atoms with van der Waals surface area (Å²) in [6.07, 6.45) is 2.48. The molecule has 8 heteroatoms. The molecule has 0 bridgehead atoms. The Kier molecular flexibility index (Phi) is 6.47. The van der Waals surface area contributed by atoms with Gasteiger partial charge in [0.15, 0.2) is 0 Å². The fourth-order valence-electron chi connectivity index (χ4n) is 4.44. The highest BCUT2D eigenvalue weighted by atomic mass is 32.2. The van der Waals surface area contributed by atoms with Crippen LogP contribution in [0.4, 0.5) is 5.69 Å². The van der Waals surface area contributed by atoms with E-state index >= 15 is 0 Å². The van der Waals surface area contributed by atoms with Gasteiger partial charge in [0.1, 0.15) is 0 Å². The van der Waals surface area contributed by atoms with Gasteiger partial charge in [-0.15, -0.1) is 0 Å². The molecule has 1 aliphatic rings. The molecule has 6 nitrogen and oxygen atoms in total. The first-order valence-electron chi connectivity index (χ1n) is 11.2. The molecule has 1 N–H and O–H groups in total. The summed E-state index contributed by atoms with van der Waals surface area (Å²) in [4.78, 5) is 14.8. The average Bonchev–Trinajstić information content (AvgIpc) is 3.08. The van der Waals surface area contributed by atoms with E-state index in [1.165, 1.54) is 18.5 Å². The summed E-state index contributed by atoms with van der Waals surface area (Å²) in [6.45, 7) is 10.2. The van der Waals surface area contributed by atoms with Crippen molar-refractivity contribution in [2.45, 2.75) is 57.5 Å². The lowest BCUT2D eigenvalue weighted by atomic mass is 9.99. The maximum atomic E-state index is 13.0. The number of sulfonamides is 1. The summed E-state index contributed by atoms with van der Waals surface area (Å²) < 4.78 is 31.2. The number of thiazole rings is 1. The molecule has 0 unspecified atom stereocenters. The molecule has 2 heterocycles. The lowest BCUT2D eigenvalue weighted by Gasteiger charge is -2.33. The molecule has 172 valence electrons. The molecule has 4 rings (SSSR count). The van der Waals surface area contributed by atoms with Gasteiger partial charge in [-0.1, -0.05) is 30.4 Å². The van der Waals surface area contributed by atoms with Crippen LogP contribution in [0.25, 0.3) is 10.2 Å². The summed E-state index contributed by atoms with van der Waals surface area (Å²) in [5.41, 5.74) is 2.87. The van der Waals surface area contributed by atoms with E-state index in [-0.39, 0.29) is 21.9 Å². The third-order valence-corrected chi connectivity index (χ3v) is 8.62. The van der Waals surface area contributed by atoms with Crippen molar-refractivity contribution in [3.8, 4) is 0 Å². The van der Waals surface area contributed by atoms with Gasteiger partial charge in [-0.25, -0.2) is 13.1 Å². The predicted molar refractivity (Wildman–Crippen MR) is 132 cm³/mol. The van der Waals surface area contributed by atoms with Gasteiger partial charge in [0, 0.05) is 30.9 Å². The van der Waals surface area contributed by atoms with E-state index in [0.29, 0.717) is 10.6 Å². The van der Waals surface area contributed by atoms with Gasteiger partial charge in [0.2, 0.25) is 10.0 Å². The highest BCUT2D eigenvalue weighted by Gasteiger charge is 2.21. The molecule has 0 radical (unpaired) electrons. The SMILES string of the molecule is CC(C)n1c(=O)sc2cc(S(=O)(=O)N[C@H](C)c3ccc(N4CCC[C@H](C)C4)cc3)ccc21. The Hall–Kier alpha value is -2.16. The number of nitrogens with one attached hydrogen (secondary N) is 1. The van der Waals surface area contributed by atoms with E-state index in [4.69, 9.17) is 0 Å². The number of benzene rings is 2. The van der Waals surface area contributed by atoms with Crippen LogP contribution in [-0.2, 0) is 10.0 Å². The van der Waals surface area contributed by atoms with Crippen LogP contribution in [0, 0.1) is 5.92 Å². The van der Waals surface area contributed by atoms with Crippen LogP contribution in [0.2, 0.25) is 0 Å². The van der Waals surface area contributed by atoms with Crippen LogP contribution in [0.1, 0.15) is 58.2 Å². The van der Waals surface area contributed by atoms with Crippen LogP contribution in [0.15, 0.2) is 52.2 Å². The molecule has 0 saturated carbocycles. The quantitative estimate of drug-likeness (QED) is 0.552. The molecule has 2 atom stereocenters. The molecule has 1 aromatic heterocycles. The number of anilines is 1. The van der Waals surface area contributed by atoms with Crippen molar-refractivity contribution in [1.29, 1.82) is 0 Å². The lowest BCUT2D eigenvalue weighted by Crippen LogP contribution is -2.34. The van der Waals surface area contributed by atoms with Crippen molar-refractivity contribution < 1.29 is 8.42 Å². The number of hydrogen-bond donors (Lipinski definition) is 1. The van der Waals surface area contributed by atoms with Crippen LogP contribution in [-0.4, -0.2) is 26.1 Å². The first-order valence-corrected chi connectivity index (χ1v) is 13.5. The van der Waals surface area contributed by atoms with Gasteiger partial charge >= 0.3 is 4.87 Å². The largest absolute Gasteiger partial charge is 0.371 e. The van der Waals surface area contributed by atoms with Gasteiger partial charge in [0.25, 0.3) is 0 Å². The number of rotatable bonds is 6. The highest BCUT2D eigenvalue weighted by Crippen LogP contribution is 2.27. The van der Waals surface area contributed by atoms with Gasteiger partial charge in [-0.05, 0) is 75.4 Å². The minimum absolute atomic E-state index is 0.0213. The van der Waals surface area contributed by atoms with Crippen molar-refractivity contribution in [3.63, 3.8) is 0 Å². The zero-order valence-electron chi connectivity index (χ0n) is 19.0. The van der Waals surface area contributed by atoms with Crippen LogP contribution in [0.5, 0.6) is 0 Å². The Morgan fingerprint density at radius 3 is 2.47 bits per heavy atom. The number of fused-ring (bicyclic) bond motifs is 1. The molecule has 1 saturated heterocycles. The van der Waals surface area contributed by atoms with Gasteiger partial charge in [0.05, 0.1) is 15.1 Å². The monoisotopic (exact) mass is 473 g/mol. The van der Waals surface area contributed by atoms with E-state index in [1.807, 2.05) is 32.9 Å². The van der Waals surface area contributed by atoms with E-state index in [1.54, 1.807) is 22.8 Å². The highest BCUT2D eigenvalue weighted by molar-refractivity contribution is 7.89. The van der Waals surface area contributed by atoms with Crippen molar-refractivity contribution in [3.05, 3.63) is 57.7 Å². The van der Waals surface area contributed by atoms with Crippen molar-refractivity contribution in [2.24, 2.45) is 5.92 Å². The molecule has 0 amide bonds. The van der Waals surface area contributed by atoms with Crippen LogP contribution in [0.3, 0.4) is 0 Å². The Morgan fingerprint density at radius 1 is 1.09 bits per heavy atom.